The Balaban J connectivity index is 1.50. The Morgan fingerprint density at radius 3 is 2.69 bits per heavy atom. The number of imidazole rings is 1. The monoisotopic (exact) mass is 487 g/mol. The average molecular weight is 487 g/mol. The molecule has 0 aromatic carbocycles. The van der Waals surface area contributed by atoms with Gasteiger partial charge >= 0.3 is 6.55 Å². The van der Waals surface area contributed by atoms with Gasteiger partial charge in [-0.25, -0.2) is 18.9 Å². The molecule has 5 heterocycles. The Morgan fingerprint density at radius 2 is 2.00 bits per heavy atom. The number of amides is 1. The van der Waals surface area contributed by atoms with E-state index in [9.17, 15) is 18.0 Å². The zero-order valence-electron chi connectivity index (χ0n) is 19.3. The predicted octanol–water partition coefficient (Wildman–Crippen LogP) is 3.26. The summed E-state index contributed by atoms with van der Waals surface area (Å²) in [5.41, 5.74) is 2.16. The molecule has 0 radical (unpaired) electrons. The number of fused-ring (bicyclic) bond motifs is 2. The van der Waals surface area contributed by atoms with Gasteiger partial charge in [0.25, 0.3) is 0 Å². The Bertz CT molecular complexity index is 1420. The summed E-state index contributed by atoms with van der Waals surface area (Å²) in [4.78, 5) is 26.1. The van der Waals surface area contributed by atoms with Crippen LogP contribution in [0, 0.1) is 6.92 Å². The summed E-state index contributed by atoms with van der Waals surface area (Å²) in [5, 5.41) is 10.5. The van der Waals surface area contributed by atoms with E-state index in [1.54, 1.807) is 36.0 Å². The van der Waals surface area contributed by atoms with E-state index in [4.69, 9.17) is 0 Å². The largest absolute Gasteiger partial charge is 0.371 e. The maximum atomic E-state index is 14.7. The van der Waals surface area contributed by atoms with Crippen LogP contribution in [0.15, 0.2) is 24.4 Å². The van der Waals surface area contributed by atoms with Gasteiger partial charge in [0, 0.05) is 32.3 Å². The Labute approximate surface area is 198 Å². The summed E-state index contributed by atoms with van der Waals surface area (Å²) in [6.07, 6.45) is 0.865. The normalized spacial score (nSPS) is 18.5. The first kappa shape index (κ1) is 22.9. The lowest BCUT2D eigenvalue weighted by Gasteiger charge is -2.34. The Kier molecular flexibility index (Phi) is 5.69. The van der Waals surface area contributed by atoms with Crippen molar-refractivity contribution in [2.75, 3.05) is 30.8 Å². The summed E-state index contributed by atoms with van der Waals surface area (Å²) in [6.45, 7) is 0.639. The molecule has 4 aromatic heterocycles. The smallest absolute Gasteiger partial charge is 0.321 e. The SMILES string of the molecule is CNc1nc(N[C@H]2CCN(C(C)=O)C[C@H]2F)nn2ccc(-c3ccc4nc(C)n(C(F)F)c4n3)c12. The van der Waals surface area contributed by atoms with Crippen LogP contribution in [-0.2, 0) is 4.79 Å². The van der Waals surface area contributed by atoms with E-state index in [2.05, 4.69) is 30.7 Å². The molecule has 0 saturated carbocycles. The molecular formula is C22H24F3N9O. The van der Waals surface area contributed by atoms with E-state index >= 15 is 0 Å². The summed E-state index contributed by atoms with van der Waals surface area (Å²) >= 11 is 0. The molecule has 0 spiro atoms. The third kappa shape index (κ3) is 4.00. The van der Waals surface area contributed by atoms with Crippen molar-refractivity contribution in [3.05, 3.63) is 30.2 Å². The highest BCUT2D eigenvalue weighted by Crippen LogP contribution is 2.31. The van der Waals surface area contributed by atoms with Crippen molar-refractivity contribution in [3.8, 4) is 11.3 Å². The van der Waals surface area contributed by atoms with E-state index in [1.807, 2.05) is 0 Å². The highest BCUT2D eigenvalue weighted by atomic mass is 19.3. The fourth-order valence-electron chi connectivity index (χ4n) is 4.46. The van der Waals surface area contributed by atoms with Gasteiger partial charge in [-0.05, 0) is 31.5 Å². The van der Waals surface area contributed by atoms with Gasteiger partial charge in [0.1, 0.15) is 23.0 Å². The van der Waals surface area contributed by atoms with Crippen LogP contribution in [0.1, 0.15) is 25.7 Å². The van der Waals surface area contributed by atoms with Crippen LogP contribution in [0.3, 0.4) is 0 Å². The van der Waals surface area contributed by atoms with Crippen LogP contribution in [0.4, 0.5) is 24.9 Å². The lowest BCUT2D eigenvalue weighted by Crippen LogP contribution is -2.49. The van der Waals surface area contributed by atoms with Gasteiger partial charge in [-0.1, -0.05) is 0 Å². The quantitative estimate of drug-likeness (QED) is 0.445. The molecule has 184 valence electrons. The number of nitrogens with one attached hydrogen (secondary N) is 2. The van der Waals surface area contributed by atoms with E-state index in [-0.39, 0.29) is 29.9 Å². The fourth-order valence-corrected chi connectivity index (χ4v) is 4.46. The van der Waals surface area contributed by atoms with Gasteiger partial charge < -0.3 is 15.5 Å². The van der Waals surface area contributed by atoms with E-state index in [0.717, 1.165) is 4.57 Å². The molecule has 1 amide bonds. The maximum Gasteiger partial charge on any atom is 0.321 e. The predicted molar refractivity (Wildman–Crippen MR) is 124 cm³/mol. The van der Waals surface area contributed by atoms with Crippen molar-refractivity contribution in [1.82, 2.24) is 34.0 Å². The van der Waals surface area contributed by atoms with Crippen molar-refractivity contribution < 1.29 is 18.0 Å². The zero-order chi connectivity index (χ0) is 24.9. The first-order valence-corrected chi connectivity index (χ1v) is 11.1. The minimum Gasteiger partial charge on any atom is -0.371 e. The summed E-state index contributed by atoms with van der Waals surface area (Å²) in [6, 6.07) is 4.59. The van der Waals surface area contributed by atoms with Crippen LogP contribution in [0.25, 0.3) is 27.9 Å². The van der Waals surface area contributed by atoms with Gasteiger partial charge in [0.05, 0.1) is 18.3 Å². The van der Waals surface area contributed by atoms with Gasteiger partial charge in [-0.2, -0.15) is 13.8 Å². The van der Waals surface area contributed by atoms with E-state index < -0.39 is 18.8 Å². The summed E-state index contributed by atoms with van der Waals surface area (Å²) in [5.74, 6) is 0.707. The number of hydrogen-bond donors (Lipinski definition) is 2. The zero-order valence-corrected chi connectivity index (χ0v) is 19.3. The fraction of sp³-hybridized carbons (Fsp3) is 0.409. The third-order valence-corrected chi connectivity index (χ3v) is 6.23. The van der Waals surface area contributed by atoms with Crippen LogP contribution in [-0.4, -0.2) is 72.3 Å². The number of anilines is 2. The van der Waals surface area contributed by atoms with Crippen LogP contribution in [0.5, 0.6) is 0 Å². The Morgan fingerprint density at radius 1 is 1.20 bits per heavy atom. The molecule has 0 bridgehead atoms. The lowest BCUT2D eigenvalue weighted by atomic mass is 10.0. The lowest BCUT2D eigenvalue weighted by molar-refractivity contribution is -0.131. The highest BCUT2D eigenvalue weighted by Gasteiger charge is 2.31. The molecule has 13 heteroatoms. The number of alkyl halides is 3. The molecule has 2 N–H and O–H groups in total. The average Bonchev–Trinajstić information content (AvgIpc) is 3.39. The van der Waals surface area contributed by atoms with Crippen LogP contribution >= 0.6 is 0 Å². The number of carbonyl (C=O) groups is 1. The minimum atomic E-state index is -2.76. The number of pyridine rings is 1. The first-order chi connectivity index (χ1) is 16.8. The molecule has 4 aromatic rings. The van der Waals surface area contributed by atoms with Gasteiger partial charge in [0.2, 0.25) is 11.9 Å². The van der Waals surface area contributed by atoms with Crippen molar-refractivity contribution in [2.45, 2.75) is 39.0 Å². The van der Waals surface area contributed by atoms with Crippen molar-refractivity contribution >= 4 is 34.4 Å². The number of rotatable bonds is 5. The number of likely N-dealkylation sites (tertiary alicyclic amines) is 1. The number of halogens is 3. The number of nitrogens with zero attached hydrogens (tertiary/aromatic N) is 7. The molecule has 1 aliphatic rings. The summed E-state index contributed by atoms with van der Waals surface area (Å²) in [7, 11) is 1.69. The van der Waals surface area contributed by atoms with Crippen LogP contribution < -0.4 is 10.6 Å². The second-order valence-electron chi connectivity index (χ2n) is 8.42. The number of carbonyl (C=O) groups excluding carboxylic acids is 1. The van der Waals surface area contributed by atoms with Gasteiger partial charge in [-0.3, -0.25) is 9.36 Å². The maximum absolute atomic E-state index is 14.7. The molecule has 2 atom stereocenters. The van der Waals surface area contributed by atoms with Crippen molar-refractivity contribution in [2.24, 2.45) is 0 Å². The number of aromatic nitrogens is 6. The van der Waals surface area contributed by atoms with Gasteiger partial charge in [-0.15, -0.1) is 5.10 Å². The highest BCUT2D eigenvalue weighted by molar-refractivity contribution is 5.89. The van der Waals surface area contributed by atoms with E-state index in [1.165, 1.54) is 18.7 Å². The first-order valence-electron chi connectivity index (χ1n) is 11.1. The Hall–Kier alpha value is -3.90. The second-order valence-corrected chi connectivity index (χ2v) is 8.42. The number of aryl methyl sites for hydroxylation is 1. The molecular weight excluding hydrogens is 463 g/mol. The van der Waals surface area contributed by atoms with Crippen molar-refractivity contribution in [1.29, 1.82) is 0 Å². The molecule has 1 fully saturated rings. The molecule has 1 aliphatic heterocycles. The molecule has 1 saturated heterocycles. The van der Waals surface area contributed by atoms with Crippen LogP contribution in [0.2, 0.25) is 0 Å². The van der Waals surface area contributed by atoms with E-state index in [0.29, 0.717) is 41.1 Å². The molecule has 10 nitrogen and oxygen atoms in total. The molecule has 5 rings (SSSR count). The molecule has 0 aliphatic carbocycles. The summed E-state index contributed by atoms with van der Waals surface area (Å²) < 4.78 is 44.2. The molecule has 35 heavy (non-hydrogen) atoms. The minimum absolute atomic E-state index is 0.0185. The number of piperidine rings is 1. The van der Waals surface area contributed by atoms with Gasteiger partial charge in [0.15, 0.2) is 11.5 Å². The number of hydrogen-bond acceptors (Lipinski definition) is 7. The second kappa shape index (κ2) is 8.71. The molecule has 0 unspecified atom stereocenters. The third-order valence-electron chi connectivity index (χ3n) is 6.23. The van der Waals surface area contributed by atoms with Crippen molar-refractivity contribution in [3.63, 3.8) is 0 Å². The topological polar surface area (TPSA) is 105 Å². The standard InChI is InChI=1S/C22H24F3N9O/c1-11-27-17-5-4-15(28-20(17)34(11)21(24)25)13-6-9-33-18(13)19(26-3)30-22(31-33)29-16-7-8-32(12(2)35)10-14(16)23/h4-6,9,14,16,21H,7-8,10H2,1-3H3,(H2,26,29,30,31)/t14-,16+/m1/s1.